The number of rotatable bonds is 1. The van der Waals surface area contributed by atoms with Gasteiger partial charge in [-0.2, -0.15) is 0 Å². The quantitative estimate of drug-likeness (QED) is 0.688. The minimum atomic E-state index is 0. The largest absolute Gasteiger partial charge is 0.314 e. The molecule has 1 N–H and O–H groups in total. The van der Waals surface area contributed by atoms with E-state index in [-0.39, 0.29) is 12.4 Å². The molecule has 0 atom stereocenters. The first kappa shape index (κ1) is 9.79. The maximum absolute atomic E-state index is 3.61. The van der Waals surface area contributed by atoms with E-state index in [2.05, 4.69) is 12.4 Å². The molecule has 2 heteroatoms. The fraction of sp³-hybridized carbons (Fsp3) is 1.00. The Morgan fingerprint density at radius 1 is 0.923 bits per heavy atom. The first-order valence-electron chi connectivity index (χ1n) is 5.48. The van der Waals surface area contributed by atoms with E-state index in [0.717, 1.165) is 17.8 Å². The average Bonchev–Trinajstić information content (AvgIpc) is 2.02. The Morgan fingerprint density at radius 3 is 1.62 bits per heavy atom. The summed E-state index contributed by atoms with van der Waals surface area (Å²) < 4.78 is 0. The van der Waals surface area contributed by atoms with Gasteiger partial charge in [0.1, 0.15) is 0 Å². The molecule has 13 heavy (non-hydrogen) atoms. The van der Waals surface area contributed by atoms with Crippen LogP contribution in [0.25, 0.3) is 0 Å². The highest BCUT2D eigenvalue weighted by Gasteiger charge is 2.49. The average molecular weight is 202 g/mol. The summed E-state index contributed by atoms with van der Waals surface area (Å²) in [7, 11) is 2.17. The summed E-state index contributed by atoms with van der Waals surface area (Å²) in [5.41, 5.74) is 0.592. The van der Waals surface area contributed by atoms with Crippen LogP contribution >= 0.6 is 12.4 Å². The molecule has 4 bridgehead atoms. The minimum Gasteiger partial charge on any atom is -0.314 e. The van der Waals surface area contributed by atoms with Crippen LogP contribution in [0.3, 0.4) is 0 Å². The van der Waals surface area contributed by atoms with E-state index in [1.165, 1.54) is 19.3 Å². The van der Waals surface area contributed by atoms with Crippen molar-refractivity contribution in [3.8, 4) is 0 Å². The lowest BCUT2D eigenvalue weighted by Gasteiger charge is -2.56. The van der Waals surface area contributed by atoms with Crippen LogP contribution in [0.4, 0.5) is 0 Å². The summed E-state index contributed by atoms with van der Waals surface area (Å²) in [4.78, 5) is 0. The summed E-state index contributed by atoms with van der Waals surface area (Å²) in [6.45, 7) is 0. The first-order chi connectivity index (χ1) is 5.80. The van der Waals surface area contributed by atoms with E-state index in [1.54, 1.807) is 19.3 Å². The maximum atomic E-state index is 3.61. The molecule has 0 spiro atoms. The van der Waals surface area contributed by atoms with Gasteiger partial charge in [0, 0.05) is 5.54 Å². The highest BCUT2D eigenvalue weighted by atomic mass is 35.5. The second-order valence-corrected chi connectivity index (χ2v) is 5.45. The highest BCUT2D eigenvalue weighted by Crippen LogP contribution is 2.55. The van der Waals surface area contributed by atoms with E-state index in [0.29, 0.717) is 5.54 Å². The smallest absolute Gasteiger partial charge is 0.0186 e. The van der Waals surface area contributed by atoms with Crippen molar-refractivity contribution in [2.24, 2.45) is 17.8 Å². The van der Waals surface area contributed by atoms with Gasteiger partial charge in [0.15, 0.2) is 0 Å². The van der Waals surface area contributed by atoms with Gasteiger partial charge in [-0.3, -0.25) is 0 Å². The number of hydrogen-bond acceptors (Lipinski definition) is 1. The third-order valence-corrected chi connectivity index (χ3v) is 4.57. The third-order valence-electron chi connectivity index (χ3n) is 4.57. The Kier molecular flexibility index (Phi) is 2.36. The van der Waals surface area contributed by atoms with Crippen LogP contribution in [0.15, 0.2) is 0 Å². The van der Waals surface area contributed by atoms with Gasteiger partial charge in [-0.05, 0) is 63.3 Å². The van der Waals surface area contributed by atoms with Crippen LogP contribution < -0.4 is 5.32 Å². The van der Waals surface area contributed by atoms with Crippen molar-refractivity contribution in [3.63, 3.8) is 0 Å². The highest BCUT2D eigenvalue weighted by molar-refractivity contribution is 5.85. The van der Waals surface area contributed by atoms with Gasteiger partial charge in [0.25, 0.3) is 0 Å². The molecule has 0 amide bonds. The summed E-state index contributed by atoms with van der Waals surface area (Å²) in [5, 5.41) is 3.61. The van der Waals surface area contributed by atoms with Gasteiger partial charge in [0.05, 0.1) is 0 Å². The molecule has 0 radical (unpaired) electrons. The molecule has 0 heterocycles. The third kappa shape index (κ3) is 1.41. The molecule has 76 valence electrons. The zero-order chi connectivity index (χ0) is 8.18. The zero-order valence-corrected chi connectivity index (χ0v) is 9.20. The zero-order valence-electron chi connectivity index (χ0n) is 8.38. The first-order valence-corrected chi connectivity index (χ1v) is 5.48. The van der Waals surface area contributed by atoms with E-state index in [4.69, 9.17) is 0 Å². The fourth-order valence-electron chi connectivity index (χ4n) is 4.42. The number of hydrogen-bond donors (Lipinski definition) is 1. The van der Waals surface area contributed by atoms with Crippen molar-refractivity contribution < 1.29 is 0 Å². The molecule has 1 nitrogen and oxygen atoms in total. The molecule has 0 aromatic heterocycles. The fourth-order valence-corrected chi connectivity index (χ4v) is 4.42. The Morgan fingerprint density at radius 2 is 1.31 bits per heavy atom. The van der Waals surface area contributed by atoms with Crippen LogP contribution in [0.2, 0.25) is 0 Å². The van der Waals surface area contributed by atoms with Gasteiger partial charge in [0.2, 0.25) is 0 Å². The molecule has 4 rings (SSSR count). The summed E-state index contributed by atoms with van der Waals surface area (Å²) in [5.74, 6) is 3.26. The summed E-state index contributed by atoms with van der Waals surface area (Å²) in [6.07, 6.45) is 9.11. The monoisotopic (exact) mass is 201 g/mol. The van der Waals surface area contributed by atoms with Crippen molar-refractivity contribution in [1.82, 2.24) is 5.32 Å². The van der Waals surface area contributed by atoms with Crippen molar-refractivity contribution >= 4 is 12.4 Å². The second kappa shape index (κ2) is 3.13. The lowest BCUT2D eigenvalue weighted by Crippen LogP contribution is -2.57. The van der Waals surface area contributed by atoms with Crippen molar-refractivity contribution in [3.05, 3.63) is 0 Å². The predicted molar refractivity (Wildman–Crippen MR) is 57.2 cm³/mol. The molecule has 0 saturated heterocycles. The molecular formula is C11H20ClN. The van der Waals surface area contributed by atoms with E-state index in [9.17, 15) is 0 Å². The van der Waals surface area contributed by atoms with Crippen molar-refractivity contribution in [1.29, 1.82) is 0 Å². The molecule has 4 fully saturated rings. The maximum Gasteiger partial charge on any atom is 0.0186 e. The topological polar surface area (TPSA) is 12.0 Å². The predicted octanol–water partition coefficient (Wildman–Crippen LogP) is 2.60. The Hall–Kier alpha value is 0.250. The van der Waals surface area contributed by atoms with Crippen LogP contribution in [0, 0.1) is 17.8 Å². The van der Waals surface area contributed by atoms with Gasteiger partial charge < -0.3 is 5.32 Å². The standard InChI is InChI=1S/C11H19N.ClH/c1-12-11-5-8-2-9(6-11)4-10(3-8)7-11;/h8-10,12H,2-7H2,1H3;1H. The molecular weight excluding hydrogens is 182 g/mol. The van der Waals surface area contributed by atoms with Gasteiger partial charge in [-0.15, -0.1) is 12.4 Å². The van der Waals surface area contributed by atoms with E-state index >= 15 is 0 Å². The molecule has 4 saturated carbocycles. The summed E-state index contributed by atoms with van der Waals surface area (Å²) in [6, 6.07) is 0. The van der Waals surface area contributed by atoms with Gasteiger partial charge in [-0.1, -0.05) is 0 Å². The summed E-state index contributed by atoms with van der Waals surface area (Å²) >= 11 is 0. The van der Waals surface area contributed by atoms with Crippen molar-refractivity contribution in [2.75, 3.05) is 7.05 Å². The SMILES string of the molecule is CNC12CC3CC(CC(C3)C1)C2.Cl. The normalized spacial score (nSPS) is 51.9. The molecule has 4 aliphatic carbocycles. The van der Waals surface area contributed by atoms with Crippen molar-refractivity contribution in [2.45, 2.75) is 44.1 Å². The molecule has 0 aromatic rings. The Balaban J connectivity index is 0.000000653. The minimum absolute atomic E-state index is 0. The Labute approximate surface area is 87.1 Å². The molecule has 0 aromatic carbocycles. The second-order valence-electron chi connectivity index (χ2n) is 5.45. The number of nitrogens with one attached hydrogen (secondary N) is 1. The molecule has 4 aliphatic rings. The van der Waals surface area contributed by atoms with Gasteiger partial charge >= 0.3 is 0 Å². The lowest BCUT2D eigenvalue weighted by molar-refractivity contribution is -0.0158. The molecule has 0 unspecified atom stereocenters. The van der Waals surface area contributed by atoms with E-state index < -0.39 is 0 Å². The van der Waals surface area contributed by atoms with Crippen LogP contribution in [-0.4, -0.2) is 12.6 Å². The van der Waals surface area contributed by atoms with E-state index in [1.807, 2.05) is 0 Å². The molecule has 0 aliphatic heterocycles. The van der Waals surface area contributed by atoms with Crippen LogP contribution in [0.1, 0.15) is 38.5 Å². The van der Waals surface area contributed by atoms with Gasteiger partial charge in [-0.25, -0.2) is 0 Å². The Bertz CT molecular complexity index is 167. The lowest BCUT2D eigenvalue weighted by atomic mass is 9.53. The number of halogens is 1. The van der Waals surface area contributed by atoms with Crippen LogP contribution in [-0.2, 0) is 0 Å². The van der Waals surface area contributed by atoms with Crippen LogP contribution in [0.5, 0.6) is 0 Å².